The maximum Gasteiger partial charge on any atom is 0.406 e. The van der Waals surface area contributed by atoms with E-state index >= 15 is 0 Å². The van der Waals surface area contributed by atoms with Crippen LogP contribution in [0.3, 0.4) is 0 Å². The standard InChI is InChI=1S/C13H20N4O4/c1-8-14-12(17(20)21)11(16(8)2)15-10(13(18)19)9-6-4-3-5-7-9/h9-10,15H,3-7H2,1-2H3,(H,18,19). The molecule has 21 heavy (non-hydrogen) atoms. The fraction of sp³-hybridized carbons (Fsp3) is 0.692. The first-order valence-electron chi connectivity index (χ1n) is 7.09. The summed E-state index contributed by atoms with van der Waals surface area (Å²) in [5.74, 6) is -0.675. The van der Waals surface area contributed by atoms with Crippen molar-refractivity contribution < 1.29 is 14.8 Å². The second-order valence-electron chi connectivity index (χ2n) is 5.51. The molecule has 2 rings (SSSR count). The highest BCUT2D eigenvalue weighted by atomic mass is 16.6. The Morgan fingerprint density at radius 3 is 2.62 bits per heavy atom. The van der Waals surface area contributed by atoms with Crippen LogP contribution in [0.1, 0.15) is 37.9 Å². The van der Waals surface area contributed by atoms with E-state index in [2.05, 4.69) is 10.3 Å². The molecular formula is C13H20N4O4. The zero-order valence-electron chi connectivity index (χ0n) is 12.2. The second kappa shape index (κ2) is 6.11. The number of carboxylic acids is 1. The maximum atomic E-state index is 11.5. The van der Waals surface area contributed by atoms with Gasteiger partial charge in [-0.05, 0) is 28.7 Å². The summed E-state index contributed by atoms with van der Waals surface area (Å²) < 4.78 is 1.52. The predicted molar refractivity (Wildman–Crippen MR) is 76.2 cm³/mol. The Morgan fingerprint density at radius 2 is 2.10 bits per heavy atom. The number of imidazole rings is 1. The summed E-state index contributed by atoms with van der Waals surface area (Å²) in [4.78, 5) is 25.9. The molecule has 0 aromatic carbocycles. The maximum absolute atomic E-state index is 11.5. The van der Waals surface area contributed by atoms with Crippen LogP contribution in [0.2, 0.25) is 0 Å². The molecule has 1 heterocycles. The molecule has 8 heteroatoms. The van der Waals surface area contributed by atoms with Gasteiger partial charge in [-0.3, -0.25) is 4.57 Å². The third-order valence-electron chi connectivity index (χ3n) is 4.15. The number of carbonyl (C=O) groups is 1. The number of anilines is 1. The molecule has 1 saturated carbocycles. The summed E-state index contributed by atoms with van der Waals surface area (Å²) in [6.45, 7) is 1.65. The number of nitrogens with zero attached hydrogens (tertiary/aromatic N) is 3. The minimum Gasteiger partial charge on any atom is -0.480 e. The fourth-order valence-corrected chi connectivity index (χ4v) is 2.88. The van der Waals surface area contributed by atoms with Gasteiger partial charge in [0.2, 0.25) is 11.6 Å². The van der Waals surface area contributed by atoms with Gasteiger partial charge in [-0.1, -0.05) is 19.3 Å². The third kappa shape index (κ3) is 3.14. The largest absolute Gasteiger partial charge is 0.480 e. The Bertz CT molecular complexity index is 549. The van der Waals surface area contributed by atoms with Crippen LogP contribution in [0.25, 0.3) is 0 Å². The van der Waals surface area contributed by atoms with Gasteiger partial charge in [-0.25, -0.2) is 4.79 Å². The highest BCUT2D eigenvalue weighted by molar-refractivity contribution is 5.78. The molecule has 1 atom stereocenters. The first-order valence-corrected chi connectivity index (χ1v) is 7.09. The van der Waals surface area contributed by atoms with Crippen molar-refractivity contribution in [1.82, 2.24) is 9.55 Å². The van der Waals surface area contributed by atoms with E-state index in [0.717, 1.165) is 32.1 Å². The van der Waals surface area contributed by atoms with Crippen LogP contribution in [0.4, 0.5) is 11.6 Å². The molecule has 2 N–H and O–H groups in total. The van der Waals surface area contributed by atoms with Crippen molar-refractivity contribution in [1.29, 1.82) is 0 Å². The smallest absolute Gasteiger partial charge is 0.406 e. The van der Waals surface area contributed by atoms with E-state index in [1.807, 2.05) is 0 Å². The average molecular weight is 296 g/mol. The summed E-state index contributed by atoms with van der Waals surface area (Å²) in [6.07, 6.45) is 4.78. The van der Waals surface area contributed by atoms with Gasteiger partial charge >= 0.3 is 11.8 Å². The Balaban J connectivity index is 2.28. The quantitative estimate of drug-likeness (QED) is 0.635. The summed E-state index contributed by atoms with van der Waals surface area (Å²) >= 11 is 0. The summed E-state index contributed by atoms with van der Waals surface area (Å²) in [5.41, 5.74) is 0. The SMILES string of the molecule is Cc1nc([N+](=O)[O-])c(NC(C(=O)O)C2CCCCC2)n1C. The lowest BCUT2D eigenvalue weighted by Gasteiger charge is -2.28. The van der Waals surface area contributed by atoms with Gasteiger partial charge in [0.05, 0.1) is 0 Å². The molecule has 1 aliphatic carbocycles. The van der Waals surface area contributed by atoms with Crippen molar-refractivity contribution in [3.63, 3.8) is 0 Å². The molecule has 1 aromatic heterocycles. The molecule has 0 amide bonds. The average Bonchev–Trinajstić information content (AvgIpc) is 2.73. The first kappa shape index (κ1) is 15.3. The summed E-state index contributed by atoms with van der Waals surface area (Å²) in [5, 5.41) is 23.4. The summed E-state index contributed by atoms with van der Waals surface area (Å²) in [7, 11) is 1.64. The Labute approximate surface area is 122 Å². The van der Waals surface area contributed by atoms with E-state index in [-0.39, 0.29) is 17.6 Å². The molecule has 0 spiro atoms. The topological polar surface area (TPSA) is 110 Å². The van der Waals surface area contributed by atoms with Crippen molar-refractivity contribution in [3.8, 4) is 0 Å². The molecule has 0 bridgehead atoms. The summed E-state index contributed by atoms with van der Waals surface area (Å²) in [6, 6.07) is -0.821. The van der Waals surface area contributed by atoms with Gasteiger partial charge in [0.25, 0.3) is 0 Å². The molecule has 1 aliphatic rings. The molecule has 0 saturated heterocycles. The number of carboxylic acid groups (broad SMARTS) is 1. The molecule has 1 fully saturated rings. The number of aromatic nitrogens is 2. The molecular weight excluding hydrogens is 276 g/mol. The minimum absolute atomic E-state index is 0.00828. The Kier molecular flexibility index (Phi) is 4.44. The lowest BCUT2D eigenvalue weighted by molar-refractivity contribution is -0.388. The van der Waals surface area contributed by atoms with E-state index in [1.165, 1.54) is 4.57 Å². The van der Waals surface area contributed by atoms with E-state index < -0.39 is 16.9 Å². The number of nitro groups is 1. The number of rotatable bonds is 5. The third-order valence-corrected chi connectivity index (χ3v) is 4.15. The minimum atomic E-state index is -0.977. The molecule has 1 unspecified atom stereocenters. The normalized spacial score (nSPS) is 17.4. The van der Waals surface area contributed by atoms with Crippen LogP contribution in [-0.2, 0) is 11.8 Å². The van der Waals surface area contributed by atoms with Gasteiger partial charge in [0, 0.05) is 14.0 Å². The van der Waals surface area contributed by atoms with Crippen LogP contribution in [0, 0.1) is 23.0 Å². The fourth-order valence-electron chi connectivity index (χ4n) is 2.88. The Hall–Kier alpha value is -2.12. The number of aliphatic carboxylic acids is 1. The van der Waals surface area contributed by atoms with Crippen molar-refractivity contribution in [3.05, 3.63) is 15.9 Å². The van der Waals surface area contributed by atoms with Crippen molar-refractivity contribution in [2.45, 2.75) is 45.1 Å². The highest BCUT2D eigenvalue weighted by Gasteiger charge is 2.33. The molecule has 0 radical (unpaired) electrons. The highest BCUT2D eigenvalue weighted by Crippen LogP contribution is 2.31. The molecule has 116 valence electrons. The zero-order valence-corrected chi connectivity index (χ0v) is 12.2. The van der Waals surface area contributed by atoms with Gasteiger partial charge in [0.1, 0.15) is 6.04 Å². The van der Waals surface area contributed by atoms with Gasteiger partial charge in [0.15, 0.2) is 0 Å². The number of aryl methyl sites for hydroxylation is 1. The van der Waals surface area contributed by atoms with Crippen molar-refractivity contribution in [2.24, 2.45) is 13.0 Å². The van der Waals surface area contributed by atoms with E-state index in [4.69, 9.17) is 0 Å². The monoisotopic (exact) mass is 296 g/mol. The van der Waals surface area contributed by atoms with Crippen LogP contribution in [0.5, 0.6) is 0 Å². The van der Waals surface area contributed by atoms with Crippen LogP contribution >= 0.6 is 0 Å². The number of hydrogen-bond acceptors (Lipinski definition) is 5. The molecule has 8 nitrogen and oxygen atoms in total. The van der Waals surface area contributed by atoms with Gasteiger partial charge in [-0.15, -0.1) is 0 Å². The van der Waals surface area contributed by atoms with Crippen molar-refractivity contribution >= 4 is 17.6 Å². The lowest BCUT2D eigenvalue weighted by atomic mass is 9.84. The second-order valence-corrected chi connectivity index (χ2v) is 5.51. The van der Waals surface area contributed by atoms with Crippen LogP contribution < -0.4 is 5.32 Å². The zero-order chi connectivity index (χ0) is 15.6. The number of hydrogen-bond donors (Lipinski definition) is 2. The van der Waals surface area contributed by atoms with Crippen LogP contribution in [0.15, 0.2) is 0 Å². The predicted octanol–water partition coefficient (Wildman–Crippen LogP) is 2.08. The molecule has 0 aliphatic heterocycles. The van der Waals surface area contributed by atoms with Gasteiger partial charge < -0.3 is 20.5 Å². The van der Waals surface area contributed by atoms with E-state index in [9.17, 15) is 20.0 Å². The van der Waals surface area contributed by atoms with E-state index in [0.29, 0.717) is 5.82 Å². The van der Waals surface area contributed by atoms with E-state index in [1.54, 1.807) is 14.0 Å². The van der Waals surface area contributed by atoms with Crippen molar-refractivity contribution in [2.75, 3.05) is 5.32 Å². The number of nitrogens with one attached hydrogen (secondary N) is 1. The van der Waals surface area contributed by atoms with Crippen LogP contribution in [-0.4, -0.2) is 31.6 Å². The lowest BCUT2D eigenvalue weighted by Crippen LogP contribution is -2.38. The molecule has 1 aromatic rings. The first-order chi connectivity index (χ1) is 9.91. The van der Waals surface area contributed by atoms with Gasteiger partial charge in [-0.2, -0.15) is 0 Å². The Morgan fingerprint density at radius 1 is 1.48 bits per heavy atom.